The maximum Gasteiger partial charge on any atom is 0.260 e. The minimum Gasteiger partial charge on any atom is -0.497 e. The molecule has 1 aliphatic rings. The van der Waals surface area contributed by atoms with Crippen LogP contribution < -0.4 is 20.2 Å². The Morgan fingerprint density at radius 2 is 1.65 bits per heavy atom. The molecule has 0 spiro atoms. The van der Waals surface area contributed by atoms with E-state index >= 15 is 0 Å². The summed E-state index contributed by atoms with van der Waals surface area (Å²) in [5, 5.41) is 7.17. The van der Waals surface area contributed by atoms with E-state index in [4.69, 9.17) is 9.47 Å². The van der Waals surface area contributed by atoms with Gasteiger partial charge in [-0.15, -0.1) is 0 Å². The Balaban J connectivity index is 1.43. The summed E-state index contributed by atoms with van der Waals surface area (Å²) in [5.74, 6) is 1.14. The second kappa shape index (κ2) is 11.0. The molecule has 31 heavy (non-hydrogen) atoms. The van der Waals surface area contributed by atoms with Crippen molar-refractivity contribution in [1.29, 1.82) is 0 Å². The molecule has 3 rings (SSSR count). The van der Waals surface area contributed by atoms with E-state index in [1.54, 1.807) is 19.2 Å². The number of hydrogen-bond acceptors (Lipinski definition) is 6. The van der Waals surface area contributed by atoms with Gasteiger partial charge in [-0.2, -0.15) is 5.10 Å². The first-order valence-corrected chi connectivity index (χ1v) is 10.3. The highest BCUT2D eigenvalue weighted by Gasteiger charge is 2.18. The predicted molar refractivity (Wildman–Crippen MR) is 120 cm³/mol. The van der Waals surface area contributed by atoms with Crippen molar-refractivity contribution in [3.63, 3.8) is 0 Å². The summed E-state index contributed by atoms with van der Waals surface area (Å²) in [6.07, 6.45) is 2.13. The number of hydrazone groups is 1. The van der Waals surface area contributed by atoms with Crippen LogP contribution in [0.15, 0.2) is 53.6 Å². The number of rotatable bonds is 9. The highest BCUT2D eigenvalue weighted by atomic mass is 16.5. The molecule has 1 aliphatic heterocycles. The van der Waals surface area contributed by atoms with Crippen molar-refractivity contribution in [2.24, 2.45) is 5.10 Å². The first-order valence-electron chi connectivity index (χ1n) is 10.3. The summed E-state index contributed by atoms with van der Waals surface area (Å²) >= 11 is 0. The molecular formula is C23H28N4O4. The van der Waals surface area contributed by atoms with E-state index in [0.29, 0.717) is 11.5 Å². The van der Waals surface area contributed by atoms with Gasteiger partial charge in [0.25, 0.3) is 11.8 Å². The number of amides is 2. The SMILES string of the molecule is COc1ccc(NCC(=O)N/N=C(/C)c2ccc(OCC(=O)N3CCCC3)cc2)cc1. The quantitative estimate of drug-likeness (QED) is 0.477. The van der Waals surface area contributed by atoms with E-state index < -0.39 is 0 Å². The number of likely N-dealkylation sites (tertiary alicyclic amines) is 1. The summed E-state index contributed by atoms with van der Waals surface area (Å²) < 4.78 is 10.7. The molecule has 1 heterocycles. The number of nitrogens with zero attached hydrogens (tertiary/aromatic N) is 2. The number of benzene rings is 2. The van der Waals surface area contributed by atoms with Crippen LogP contribution in [0.25, 0.3) is 0 Å². The third-order valence-corrected chi connectivity index (χ3v) is 4.98. The van der Waals surface area contributed by atoms with Gasteiger partial charge in [0.15, 0.2) is 6.61 Å². The van der Waals surface area contributed by atoms with Crippen LogP contribution in [0.3, 0.4) is 0 Å². The Labute approximate surface area is 182 Å². The maximum atomic E-state index is 12.0. The van der Waals surface area contributed by atoms with Crippen LogP contribution >= 0.6 is 0 Å². The molecule has 8 heteroatoms. The van der Waals surface area contributed by atoms with Gasteiger partial charge in [0.2, 0.25) is 0 Å². The lowest BCUT2D eigenvalue weighted by Gasteiger charge is -2.15. The zero-order chi connectivity index (χ0) is 22.1. The standard InChI is InChI=1S/C23H28N4O4/c1-17(25-26-22(28)15-24-19-7-11-20(30-2)12-8-19)18-5-9-21(10-6-18)31-16-23(29)27-13-3-4-14-27/h5-12,24H,3-4,13-16H2,1-2H3,(H,26,28)/b25-17-. The van der Waals surface area contributed by atoms with Crippen molar-refractivity contribution in [3.8, 4) is 11.5 Å². The molecule has 1 fully saturated rings. The van der Waals surface area contributed by atoms with Gasteiger partial charge in [-0.3, -0.25) is 9.59 Å². The molecule has 0 unspecified atom stereocenters. The monoisotopic (exact) mass is 424 g/mol. The van der Waals surface area contributed by atoms with E-state index in [1.807, 2.05) is 48.2 Å². The fourth-order valence-corrected chi connectivity index (χ4v) is 3.14. The minimum atomic E-state index is -0.254. The molecule has 164 valence electrons. The summed E-state index contributed by atoms with van der Waals surface area (Å²) in [6.45, 7) is 3.59. The summed E-state index contributed by atoms with van der Waals surface area (Å²) in [6, 6.07) is 14.6. The summed E-state index contributed by atoms with van der Waals surface area (Å²) in [5.41, 5.74) is 4.87. The first kappa shape index (κ1) is 22.1. The van der Waals surface area contributed by atoms with Crippen LogP contribution in [0.4, 0.5) is 5.69 Å². The number of anilines is 1. The molecule has 0 radical (unpaired) electrons. The zero-order valence-corrected chi connectivity index (χ0v) is 17.9. The lowest BCUT2D eigenvalue weighted by molar-refractivity contribution is -0.132. The Bertz CT molecular complexity index is 904. The number of hydrogen-bond donors (Lipinski definition) is 2. The van der Waals surface area contributed by atoms with Crippen molar-refractivity contribution in [3.05, 3.63) is 54.1 Å². The van der Waals surface area contributed by atoms with E-state index in [0.717, 1.165) is 42.9 Å². The van der Waals surface area contributed by atoms with Crippen molar-refractivity contribution in [2.75, 3.05) is 38.7 Å². The second-order valence-electron chi connectivity index (χ2n) is 7.22. The summed E-state index contributed by atoms with van der Waals surface area (Å²) in [4.78, 5) is 25.9. The Hall–Kier alpha value is -3.55. The lowest BCUT2D eigenvalue weighted by Crippen LogP contribution is -2.32. The number of ether oxygens (including phenoxy) is 2. The molecule has 0 atom stereocenters. The summed E-state index contributed by atoms with van der Waals surface area (Å²) in [7, 11) is 1.60. The van der Waals surface area contributed by atoms with Gasteiger partial charge in [0, 0.05) is 18.8 Å². The highest BCUT2D eigenvalue weighted by Crippen LogP contribution is 2.15. The lowest BCUT2D eigenvalue weighted by atomic mass is 10.1. The van der Waals surface area contributed by atoms with Gasteiger partial charge in [-0.25, -0.2) is 5.43 Å². The van der Waals surface area contributed by atoms with E-state index in [-0.39, 0.29) is 25.0 Å². The molecular weight excluding hydrogens is 396 g/mol. The average Bonchev–Trinajstić information content (AvgIpc) is 3.35. The highest BCUT2D eigenvalue weighted by molar-refractivity contribution is 5.99. The number of carbonyl (C=O) groups is 2. The largest absolute Gasteiger partial charge is 0.497 e. The van der Waals surface area contributed by atoms with Crippen LogP contribution in [0.2, 0.25) is 0 Å². The number of nitrogens with one attached hydrogen (secondary N) is 2. The minimum absolute atomic E-state index is 0.0188. The normalized spacial score (nSPS) is 13.6. The maximum absolute atomic E-state index is 12.0. The van der Waals surface area contributed by atoms with Gasteiger partial charge in [0.1, 0.15) is 11.5 Å². The average molecular weight is 425 g/mol. The molecule has 2 amide bonds. The van der Waals surface area contributed by atoms with Crippen molar-refractivity contribution < 1.29 is 19.1 Å². The van der Waals surface area contributed by atoms with Crippen LogP contribution in [-0.2, 0) is 9.59 Å². The van der Waals surface area contributed by atoms with Gasteiger partial charge in [0.05, 0.1) is 19.4 Å². The third kappa shape index (κ3) is 6.74. The Morgan fingerprint density at radius 1 is 1.00 bits per heavy atom. The molecule has 0 saturated carbocycles. The smallest absolute Gasteiger partial charge is 0.260 e. The molecule has 2 aromatic rings. The number of carbonyl (C=O) groups excluding carboxylic acids is 2. The van der Waals surface area contributed by atoms with Crippen molar-refractivity contribution >= 4 is 23.2 Å². The topological polar surface area (TPSA) is 92.3 Å². The fraction of sp³-hybridized carbons (Fsp3) is 0.348. The molecule has 8 nitrogen and oxygen atoms in total. The van der Waals surface area contributed by atoms with Gasteiger partial charge < -0.3 is 19.7 Å². The van der Waals surface area contributed by atoms with Gasteiger partial charge in [-0.1, -0.05) is 0 Å². The van der Waals surface area contributed by atoms with Crippen molar-refractivity contribution in [1.82, 2.24) is 10.3 Å². The first-order chi connectivity index (χ1) is 15.0. The van der Waals surface area contributed by atoms with Gasteiger partial charge >= 0.3 is 0 Å². The molecule has 2 N–H and O–H groups in total. The Kier molecular flexibility index (Phi) is 7.86. The van der Waals surface area contributed by atoms with Crippen molar-refractivity contribution in [2.45, 2.75) is 19.8 Å². The molecule has 0 bridgehead atoms. The predicted octanol–water partition coefficient (Wildman–Crippen LogP) is 2.65. The van der Waals surface area contributed by atoms with E-state index in [9.17, 15) is 9.59 Å². The Morgan fingerprint density at radius 3 is 2.29 bits per heavy atom. The van der Waals surface area contributed by atoms with Crippen LogP contribution in [-0.4, -0.2) is 55.8 Å². The second-order valence-corrected chi connectivity index (χ2v) is 7.22. The van der Waals surface area contributed by atoms with Crippen LogP contribution in [0, 0.1) is 0 Å². The molecule has 0 aromatic heterocycles. The van der Waals surface area contributed by atoms with E-state index in [2.05, 4.69) is 15.8 Å². The fourth-order valence-electron chi connectivity index (χ4n) is 3.14. The zero-order valence-electron chi connectivity index (χ0n) is 17.9. The molecule has 2 aromatic carbocycles. The third-order valence-electron chi connectivity index (χ3n) is 4.98. The van der Waals surface area contributed by atoms with Gasteiger partial charge in [-0.05, 0) is 73.9 Å². The van der Waals surface area contributed by atoms with Crippen LogP contribution in [0.5, 0.6) is 11.5 Å². The molecule has 0 aliphatic carbocycles. The molecule has 1 saturated heterocycles. The number of methoxy groups -OCH3 is 1. The van der Waals surface area contributed by atoms with E-state index in [1.165, 1.54) is 0 Å². The van der Waals surface area contributed by atoms with Crippen LogP contribution in [0.1, 0.15) is 25.3 Å².